The Kier molecular flexibility index (Phi) is 3.17. The minimum absolute atomic E-state index is 0.0496. The lowest BCUT2D eigenvalue weighted by Gasteiger charge is -2.03. The van der Waals surface area contributed by atoms with E-state index >= 15 is 0 Å². The number of H-pyrrole nitrogens is 1. The van der Waals surface area contributed by atoms with Gasteiger partial charge in [0.1, 0.15) is 0 Å². The first-order chi connectivity index (χ1) is 9.75. The molecule has 0 fully saturated rings. The van der Waals surface area contributed by atoms with Crippen molar-refractivity contribution in [3.8, 4) is 0 Å². The summed E-state index contributed by atoms with van der Waals surface area (Å²) in [6, 6.07) is 16.3. The Bertz CT molecular complexity index is 819. The molecule has 0 radical (unpaired) electrons. The van der Waals surface area contributed by atoms with Gasteiger partial charge in [-0.25, -0.2) is 0 Å². The summed E-state index contributed by atoms with van der Waals surface area (Å²) in [5.74, 6) is -0.0496. The quantitative estimate of drug-likeness (QED) is 0.738. The zero-order valence-corrected chi connectivity index (χ0v) is 10.8. The summed E-state index contributed by atoms with van der Waals surface area (Å²) >= 11 is 0. The molecule has 20 heavy (non-hydrogen) atoms. The Morgan fingerprint density at radius 3 is 2.45 bits per heavy atom. The van der Waals surface area contributed by atoms with Crippen LogP contribution in [0.2, 0.25) is 0 Å². The van der Waals surface area contributed by atoms with E-state index in [0.29, 0.717) is 16.5 Å². The van der Waals surface area contributed by atoms with E-state index in [4.69, 9.17) is 0 Å². The first kappa shape index (κ1) is 12.4. The number of nitrogens with one attached hydrogen (secondary N) is 1. The number of hydrogen-bond donors (Lipinski definition) is 1. The number of para-hydroxylation sites is 1. The van der Waals surface area contributed by atoms with Crippen molar-refractivity contribution in [1.82, 2.24) is 4.98 Å². The van der Waals surface area contributed by atoms with Gasteiger partial charge in [-0.15, -0.1) is 0 Å². The number of pyridine rings is 1. The zero-order valence-electron chi connectivity index (χ0n) is 10.8. The molecule has 2 aromatic carbocycles. The molecule has 1 aromatic heterocycles. The number of carbonyl (C=O) groups is 1. The number of Topliss-reactive ketones (excluding diaryl/α,β-unsaturated/α-hetero) is 1. The smallest absolute Gasteiger partial charge is 0.193 e. The van der Waals surface area contributed by atoms with E-state index < -0.39 is 0 Å². The molecule has 1 N–H and O–H groups in total. The van der Waals surface area contributed by atoms with Crippen LogP contribution < -0.4 is 5.43 Å². The summed E-state index contributed by atoms with van der Waals surface area (Å²) in [5, 5.41) is 0.617. The Labute approximate surface area is 115 Å². The Morgan fingerprint density at radius 1 is 0.950 bits per heavy atom. The Balaban J connectivity index is 1.98. The molecular weight excluding hydrogens is 250 g/mol. The number of ketones is 1. The van der Waals surface area contributed by atoms with E-state index in [1.54, 1.807) is 24.4 Å². The largest absolute Gasteiger partial charge is 0.361 e. The number of aromatic nitrogens is 1. The van der Waals surface area contributed by atoms with Crippen molar-refractivity contribution in [2.75, 3.05) is 0 Å². The van der Waals surface area contributed by atoms with Gasteiger partial charge in [-0.1, -0.05) is 42.5 Å². The fourth-order valence-electron chi connectivity index (χ4n) is 2.24. The molecule has 0 aliphatic carbocycles. The fraction of sp³-hybridized carbons (Fsp3) is 0.0588. The van der Waals surface area contributed by atoms with Crippen LogP contribution in [0.3, 0.4) is 0 Å². The van der Waals surface area contributed by atoms with E-state index in [-0.39, 0.29) is 17.6 Å². The van der Waals surface area contributed by atoms with Gasteiger partial charge in [-0.2, -0.15) is 0 Å². The summed E-state index contributed by atoms with van der Waals surface area (Å²) in [5.41, 5.74) is 1.83. The molecule has 0 bridgehead atoms. The van der Waals surface area contributed by atoms with E-state index in [9.17, 15) is 9.59 Å². The lowest BCUT2D eigenvalue weighted by molar-refractivity contribution is 0.0992. The predicted octanol–water partition coefficient (Wildman–Crippen LogP) is 2.95. The van der Waals surface area contributed by atoms with Crippen LogP contribution in [0.25, 0.3) is 10.9 Å². The molecule has 0 atom stereocenters. The van der Waals surface area contributed by atoms with Crippen molar-refractivity contribution in [2.24, 2.45) is 0 Å². The second-order valence-corrected chi connectivity index (χ2v) is 4.65. The fourth-order valence-corrected chi connectivity index (χ4v) is 2.24. The first-order valence-corrected chi connectivity index (χ1v) is 6.43. The molecule has 0 amide bonds. The van der Waals surface area contributed by atoms with Crippen LogP contribution in [0, 0.1) is 0 Å². The number of carbonyl (C=O) groups excluding carboxylic acids is 1. The first-order valence-electron chi connectivity index (χ1n) is 6.43. The molecule has 0 spiro atoms. The lowest BCUT2D eigenvalue weighted by Crippen LogP contribution is -2.14. The number of hydrogen-bond acceptors (Lipinski definition) is 2. The third-order valence-corrected chi connectivity index (χ3v) is 3.31. The zero-order chi connectivity index (χ0) is 13.9. The number of rotatable bonds is 3. The summed E-state index contributed by atoms with van der Waals surface area (Å²) in [7, 11) is 0. The molecule has 0 saturated carbocycles. The van der Waals surface area contributed by atoms with Gasteiger partial charge in [0, 0.05) is 34.6 Å². The minimum atomic E-state index is -0.0800. The highest BCUT2D eigenvalue weighted by Crippen LogP contribution is 2.09. The van der Waals surface area contributed by atoms with Gasteiger partial charge in [0.05, 0.1) is 0 Å². The Morgan fingerprint density at radius 2 is 1.65 bits per heavy atom. The highest BCUT2D eigenvalue weighted by molar-refractivity contribution is 5.97. The SMILES string of the molecule is O=C(Cc1c[nH]c2ccccc2c1=O)c1ccccc1. The molecule has 0 aliphatic rings. The average molecular weight is 263 g/mol. The van der Waals surface area contributed by atoms with Gasteiger partial charge >= 0.3 is 0 Å². The van der Waals surface area contributed by atoms with E-state index in [0.717, 1.165) is 5.52 Å². The third kappa shape index (κ3) is 2.26. The molecule has 0 saturated heterocycles. The highest BCUT2D eigenvalue weighted by Gasteiger charge is 2.11. The van der Waals surface area contributed by atoms with E-state index in [2.05, 4.69) is 4.98 Å². The molecule has 0 aliphatic heterocycles. The minimum Gasteiger partial charge on any atom is -0.361 e. The van der Waals surface area contributed by atoms with Gasteiger partial charge in [0.15, 0.2) is 11.2 Å². The topological polar surface area (TPSA) is 49.9 Å². The van der Waals surface area contributed by atoms with Crippen molar-refractivity contribution in [2.45, 2.75) is 6.42 Å². The van der Waals surface area contributed by atoms with Crippen LogP contribution in [-0.4, -0.2) is 10.8 Å². The van der Waals surface area contributed by atoms with E-state index in [1.807, 2.05) is 36.4 Å². The van der Waals surface area contributed by atoms with E-state index in [1.165, 1.54) is 0 Å². The molecule has 98 valence electrons. The highest BCUT2D eigenvalue weighted by atomic mass is 16.1. The Hall–Kier alpha value is -2.68. The predicted molar refractivity (Wildman–Crippen MR) is 79.0 cm³/mol. The van der Waals surface area contributed by atoms with Gasteiger partial charge in [0.2, 0.25) is 0 Å². The van der Waals surface area contributed by atoms with Gasteiger partial charge in [-0.3, -0.25) is 9.59 Å². The van der Waals surface area contributed by atoms with Crippen molar-refractivity contribution in [3.63, 3.8) is 0 Å². The molecule has 3 aromatic rings. The molecule has 3 heteroatoms. The summed E-state index contributed by atoms with van der Waals surface area (Å²) in [6.07, 6.45) is 1.75. The van der Waals surface area contributed by atoms with Crippen LogP contribution >= 0.6 is 0 Å². The van der Waals surface area contributed by atoms with Crippen LogP contribution in [0.15, 0.2) is 65.6 Å². The monoisotopic (exact) mass is 263 g/mol. The van der Waals surface area contributed by atoms with Crippen LogP contribution in [0.1, 0.15) is 15.9 Å². The second kappa shape index (κ2) is 5.13. The van der Waals surface area contributed by atoms with Crippen molar-refractivity contribution < 1.29 is 4.79 Å². The van der Waals surface area contributed by atoms with Crippen LogP contribution in [-0.2, 0) is 6.42 Å². The number of aromatic amines is 1. The third-order valence-electron chi connectivity index (χ3n) is 3.31. The van der Waals surface area contributed by atoms with Gasteiger partial charge in [0.25, 0.3) is 0 Å². The molecule has 3 nitrogen and oxygen atoms in total. The molecule has 3 rings (SSSR count). The molecule has 0 unspecified atom stereocenters. The second-order valence-electron chi connectivity index (χ2n) is 4.65. The van der Waals surface area contributed by atoms with Crippen molar-refractivity contribution >= 4 is 16.7 Å². The average Bonchev–Trinajstić information content (AvgIpc) is 2.51. The summed E-state index contributed by atoms with van der Waals surface area (Å²) < 4.78 is 0. The normalized spacial score (nSPS) is 10.6. The lowest BCUT2D eigenvalue weighted by atomic mass is 10.0. The molecule has 1 heterocycles. The standard InChI is InChI=1S/C17H13NO2/c19-16(12-6-2-1-3-7-12)10-13-11-18-15-9-5-4-8-14(15)17(13)20/h1-9,11H,10H2,(H,18,20). The maximum absolute atomic E-state index is 12.3. The van der Waals surface area contributed by atoms with Crippen LogP contribution in [0.4, 0.5) is 0 Å². The van der Waals surface area contributed by atoms with Gasteiger partial charge in [-0.05, 0) is 12.1 Å². The van der Waals surface area contributed by atoms with Crippen molar-refractivity contribution in [3.05, 3.63) is 82.1 Å². The maximum atomic E-state index is 12.3. The number of fused-ring (bicyclic) bond motifs is 1. The molecular formula is C17H13NO2. The number of benzene rings is 2. The van der Waals surface area contributed by atoms with Gasteiger partial charge < -0.3 is 4.98 Å². The van der Waals surface area contributed by atoms with Crippen LogP contribution in [0.5, 0.6) is 0 Å². The maximum Gasteiger partial charge on any atom is 0.193 e. The van der Waals surface area contributed by atoms with Crippen molar-refractivity contribution in [1.29, 1.82) is 0 Å². The summed E-state index contributed by atoms with van der Waals surface area (Å²) in [4.78, 5) is 27.5. The summed E-state index contributed by atoms with van der Waals surface area (Å²) in [6.45, 7) is 0.